The average molecular weight is 413 g/mol. The smallest absolute Gasteiger partial charge is 0.338 e. The van der Waals surface area contributed by atoms with Crippen LogP contribution in [0.4, 0.5) is 0 Å². The van der Waals surface area contributed by atoms with Crippen molar-refractivity contribution in [3.05, 3.63) is 35.4 Å². The first kappa shape index (κ1) is 23.4. The van der Waals surface area contributed by atoms with Crippen molar-refractivity contribution in [1.82, 2.24) is 0 Å². The number of benzene rings is 1. The van der Waals surface area contributed by atoms with Crippen LogP contribution in [-0.4, -0.2) is 12.6 Å². The number of carbonyl (C=O) groups is 1. The monoisotopic (exact) mass is 412 g/mol. The van der Waals surface area contributed by atoms with Gasteiger partial charge in [-0.05, 0) is 86.3 Å². The SMILES string of the molecule is CCCCC[C@H]1CC[C@H]([C@H]2CC[C@H](c3ccc(C(=O)OCCCC)cc3)CC2)CC1. The van der Waals surface area contributed by atoms with E-state index in [-0.39, 0.29) is 5.97 Å². The molecule has 3 rings (SSSR count). The van der Waals surface area contributed by atoms with Gasteiger partial charge >= 0.3 is 5.97 Å². The van der Waals surface area contributed by atoms with Gasteiger partial charge in [0.1, 0.15) is 0 Å². The number of ether oxygens (including phenoxy) is 1. The summed E-state index contributed by atoms with van der Waals surface area (Å²) in [6.45, 7) is 4.95. The molecule has 1 aromatic carbocycles. The molecule has 30 heavy (non-hydrogen) atoms. The van der Waals surface area contributed by atoms with Crippen molar-refractivity contribution in [1.29, 1.82) is 0 Å². The zero-order valence-corrected chi connectivity index (χ0v) is 19.5. The van der Waals surface area contributed by atoms with E-state index >= 15 is 0 Å². The maximum Gasteiger partial charge on any atom is 0.338 e. The summed E-state index contributed by atoms with van der Waals surface area (Å²) in [5.41, 5.74) is 2.11. The van der Waals surface area contributed by atoms with Crippen LogP contribution in [0.1, 0.15) is 126 Å². The van der Waals surface area contributed by atoms with E-state index in [1.165, 1.54) is 82.6 Å². The van der Waals surface area contributed by atoms with Crippen LogP contribution < -0.4 is 0 Å². The van der Waals surface area contributed by atoms with E-state index in [4.69, 9.17) is 4.74 Å². The Labute approximate surface area is 185 Å². The minimum Gasteiger partial charge on any atom is -0.462 e. The quantitative estimate of drug-likeness (QED) is 0.285. The summed E-state index contributed by atoms with van der Waals surface area (Å²) in [5, 5.41) is 0. The molecule has 0 unspecified atom stereocenters. The van der Waals surface area contributed by atoms with Gasteiger partial charge in [-0.1, -0.05) is 70.9 Å². The van der Waals surface area contributed by atoms with E-state index < -0.39 is 0 Å². The highest BCUT2D eigenvalue weighted by molar-refractivity contribution is 5.89. The molecule has 0 saturated heterocycles. The Morgan fingerprint density at radius 3 is 2.00 bits per heavy atom. The van der Waals surface area contributed by atoms with Crippen LogP contribution >= 0.6 is 0 Å². The van der Waals surface area contributed by atoms with E-state index in [2.05, 4.69) is 26.0 Å². The van der Waals surface area contributed by atoms with Crippen LogP contribution in [0.15, 0.2) is 24.3 Å². The molecule has 2 aliphatic rings. The summed E-state index contributed by atoms with van der Waals surface area (Å²) in [6.07, 6.45) is 19.1. The van der Waals surface area contributed by atoms with Gasteiger partial charge in [-0.25, -0.2) is 4.79 Å². The molecule has 0 spiro atoms. The molecule has 2 fully saturated rings. The minimum atomic E-state index is -0.177. The maximum atomic E-state index is 12.1. The molecule has 1 aromatic rings. The Bertz CT molecular complexity index is 604. The van der Waals surface area contributed by atoms with Crippen molar-refractivity contribution in [3.63, 3.8) is 0 Å². The highest BCUT2D eigenvalue weighted by Crippen LogP contribution is 2.44. The van der Waals surface area contributed by atoms with Gasteiger partial charge in [0.25, 0.3) is 0 Å². The molecule has 2 aliphatic carbocycles. The summed E-state index contributed by atoms with van der Waals surface area (Å²) >= 11 is 0. The molecule has 0 amide bonds. The largest absolute Gasteiger partial charge is 0.462 e. The Hall–Kier alpha value is -1.31. The zero-order chi connectivity index (χ0) is 21.2. The molecular formula is C28H44O2. The summed E-state index contributed by atoms with van der Waals surface area (Å²) in [7, 11) is 0. The van der Waals surface area contributed by atoms with Crippen LogP contribution in [0, 0.1) is 17.8 Å². The predicted octanol–water partition coefficient (Wildman–Crippen LogP) is 8.30. The average Bonchev–Trinajstić information content (AvgIpc) is 2.80. The first-order chi connectivity index (χ1) is 14.7. The summed E-state index contributed by atoms with van der Waals surface area (Å²) < 4.78 is 5.33. The molecule has 168 valence electrons. The summed E-state index contributed by atoms with van der Waals surface area (Å²) in [6, 6.07) is 8.27. The zero-order valence-electron chi connectivity index (χ0n) is 19.5. The van der Waals surface area contributed by atoms with Gasteiger partial charge in [0.2, 0.25) is 0 Å². The Morgan fingerprint density at radius 2 is 1.40 bits per heavy atom. The van der Waals surface area contributed by atoms with E-state index in [0.29, 0.717) is 18.1 Å². The number of carbonyl (C=O) groups excluding carboxylic acids is 1. The molecule has 0 aromatic heterocycles. The lowest BCUT2D eigenvalue weighted by Crippen LogP contribution is -2.25. The van der Waals surface area contributed by atoms with Crippen molar-refractivity contribution in [3.8, 4) is 0 Å². The van der Waals surface area contributed by atoms with Gasteiger partial charge in [-0.3, -0.25) is 0 Å². The second-order valence-electron chi connectivity index (χ2n) is 10.00. The van der Waals surface area contributed by atoms with Gasteiger partial charge in [-0.15, -0.1) is 0 Å². The van der Waals surface area contributed by atoms with Crippen LogP contribution in [0.25, 0.3) is 0 Å². The van der Waals surface area contributed by atoms with E-state index in [0.717, 1.165) is 30.6 Å². The Balaban J connectivity index is 1.40. The topological polar surface area (TPSA) is 26.3 Å². The predicted molar refractivity (Wildman–Crippen MR) is 126 cm³/mol. The van der Waals surface area contributed by atoms with Crippen molar-refractivity contribution >= 4 is 5.97 Å². The Kier molecular flexibility index (Phi) is 9.75. The molecule has 0 heterocycles. The standard InChI is InChI=1S/C28H44O2/c1-3-5-7-8-22-9-11-23(12-10-22)24-13-15-25(16-14-24)26-17-19-27(20-18-26)28(29)30-21-6-4-2/h17-20,22-25H,3-16,21H2,1-2H3/t22-,23-,24-,25-. The van der Waals surface area contributed by atoms with Gasteiger partial charge < -0.3 is 4.74 Å². The Morgan fingerprint density at radius 1 is 0.800 bits per heavy atom. The lowest BCUT2D eigenvalue weighted by atomic mass is 9.68. The van der Waals surface area contributed by atoms with Crippen LogP contribution in [0.3, 0.4) is 0 Å². The second-order valence-corrected chi connectivity index (χ2v) is 10.00. The molecule has 2 nitrogen and oxygen atoms in total. The number of hydrogen-bond donors (Lipinski definition) is 0. The molecule has 0 aliphatic heterocycles. The van der Waals surface area contributed by atoms with Crippen LogP contribution in [0.5, 0.6) is 0 Å². The number of unbranched alkanes of at least 4 members (excludes halogenated alkanes) is 3. The lowest BCUT2D eigenvalue weighted by molar-refractivity contribution is 0.0499. The third-order valence-corrected chi connectivity index (χ3v) is 7.89. The van der Waals surface area contributed by atoms with Gasteiger partial charge in [-0.2, -0.15) is 0 Å². The number of esters is 1. The van der Waals surface area contributed by atoms with E-state index in [9.17, 15) is 4.79 Å². The fourth-order valence-electron chi connectivity index (χ4n) is 5.84. The molecule has 0 atom stereocenters. The van der Waals surface area contributed by atoms with Gasteiger partial charge in [0, 0.05) is 0 Å². The third-order valence-electron chi connectivity index (χ3n) is 7.89. The normalized spacial score (nSPS) is 27.0. The lowest BCUT2D eigenvalue weighted by Gasteiger charge is -2.38. The van der Waals surface area contributed by atoms with Gasteiger partial charge in [0.05, 0.1) is 12.2 Å². The summed E-state index contributed by atoms with van der Waals surface area (Å²) in [4.78, 5) is 12.1. The van der Waals surface area contributed by atoms with Crippen LogP contribution in [-0.2, 0) is 4.74 Å². The highest BCUT2D eigenvalue weighted by Gasteiger charge is 2.31. The second kappa shape index (κ2) is 12.5. The van der Waals surface area contributed by atoms with Crippen molar-refractivity contribution in [2.45, 2.75) is 110 Å². The fourth-order valence-corrected chi connectivity index (χ4v) is 5.84. The number of hydrogen-bond acceptors (Lipinski definition) is 2. The van der Waals surface area contributed by atoms with Gasteiger partial charge in [0.15, 0.2) is 0 Å². The summed E-state index contributed by atoms with van der Waals surface area (Å²) in [5.74, 6) is 3.48. The minimum absolute atomic E-state index is 0.177. The first-order valence-corrected chi connectivity index (χ1v) is 13.0. The first-order valence-electron chi connectivity index (χ1n) is 13.0. The van der Waals surface area contributed by atoms with Crippen molar-refractivity contribution < 1.29 is 9.53 Å². The molecule has 2 saturated carbocycles. The molecule has 0 bridgehead atoms. The van der Waals surface area contributed by atoms with E-state index in [1.807, 2.05) is 12.1 Å². The molecule has 0 radical (unpaired) electrons. The van der Waals surface area contributed by atoms with Crippen molar-refractivity contribution in [2.24, 2.45) is 17.8 Å². The van der Waals surface area contributed by atoms with Crippen LogP contribution in [0.2, 0.25) is 0 Å². The molecular weight excluding hydrogens is 368 g/mol. The molecule has 0 N–H and O–H groups in total. The van der Waals surface area contributed by atoms with Crippen molar-refractivity contribution in [2.75, 3.05) is 6.61 Å². The maximum absolute atomic E-state index is 12.1. The third kappa shape index (κ3) is 6.86. The number of rotatable bonds is 10. The fraction of sp³-hybridized carbons (Fsp3) is 0.750. The molecule has 2 heteroatoms. The highest BCUT2D eigenvalue weighted by atomic mass is 16.5. The van der Waals surface area contributed by atoms with E-state index in [1.54, 1.807) is 0 Å².